The van der Waals surface area contributed by atoms with Crippen LogP contribution in [0.15, 0.2) is 53.3 Å². The zero-order valence-electron chi connectivity index (χ0n) is 12.1. The third kappa shape index (κ3) is 2.45. The van der Waals surface area contributed by atoms with E-state index in [4.69, 9.17) is 5.73 Å². The van der Waals surface area contributed by atoms with E-state index in [1.54, 1.807) is 6.07 Å². The molecule has 0 fully saturated rings. The number of aromatic nitrogens is 2. The van der Waals surface area contributed by atoms with Crippen molar-refractivity contribution in [1.29, 1.82) is 0 Å². The van der Waals surface area contributed by atoms with Crippen LogP contribution >= 0.6 is 0 Å². The lowest BCUT2D eigenvalue weighted by Gasteiger charge is -2.19. The zero-order valence-corrected chi connectivity index (χ0v) is 12.1. The second kappa shape index (κ2) is 4.82. The largest absolute Gasteiger partial charge is 0.322 e. The maximum Gasteiger partial charge on any atom is 0.272 e. The number of hydrogen-bond acceptors (Lipinski definition) is 3. The molecule has 3 aromatic rings. The predicted octanol–water partition coefficient (Wildman–Crippen LogP) is 2.78. The van der Waals surface area contributed by atoms with Gasteiger partial charge >= 0.3 is 0 Å². The predicted molar refractivity (Wildman–Crippen MR) is 85.0 cm³/mol. The van der Waals surface area contributed by atoms with Gasteiger partial charge in [0.1, 0.15) is 0 Å². The number of hydrogen-bond donors (Lipinski definition) is 2. The Morgan fingerprint density at radius 3 is 2.24 bits per heavy atom. The van der Waals surface area contributed by atoms with Gasteiger partial charge in [-0.3, -0.25) is 4.79 Å². The number of benzene rings is 2. The van der Waals surface area contributed by atoms with Crippen molar-refractivity contribution in [3.63, 3.8) is 0 Å². The summed E-state index contributed by atoms with van der Waals surface area (Å²) in [7, 11) is 0. The third-order valence-corrected chi connectivity index (χ3v) is 3.60. The maximum absolute atomic E-state index is 11.8. The number of rotatable bonds is 2. The lowest BCUT2D eigenvalue weighted by atomic mass is 9.94. The monoisotopic (exact) mass is 279 g/mol. The van der Waals surface area contributed by atoms with Gasteiger partial charge in [-0.2, -0.15) is 5.10 Å². The maximum atomic E-state index is 11.8. The van der Waals surface area contributed by atoms with E-state index in [2.05, 4.69) is 10.2 Å². The smallest absolute Gasteiger partial charge is 0.272 e. The summed E-state index contributed by atoms with van der Waals surface area (Å²) in [5, 5.41) is 8.25. The molecule has 1 heterocycles. The molecule has 0 unspecified atom stereocenters. The quantitative estimate of drug-likeness (QED) is 0.757. The first-order valence-electron chi connectivity index (χ1n) is 6.84. The van der Waals surface area contributed by atoms with Gasteiger partial charge in [0.25, 0.3) is 5.56 Å². The zero-order chi connectivity index (χ0) is 15.0. The van der Waals surface area contributed by atoms with Crippen LogP contribution in [0.1, 0.15) is 19.4 Å². The van der Waals surface area contributed by atoms with Gasteiger partial charge < -0.3 is 5.73 Å². The minimum absolute atomic E-state index is 0.172. The van der Waals surface area contributed by atoms with E-state index in [0.29, 0.717) is 5.39 Å². The molecule has 0 radical (unpaired) electrons. The summed E-state index contributed by atoms with van der Waals surface area (Å²) in [5.74, 6) is 0. The van der Waals surface area contributed by atoms with Crippen LogP contribution in [0.2, 0.25) is 0 Å². The molecule has 3 N–H and O–H groups in total. The minimum atomic E-state index is -0.376. The molecule has 4 heteroatoms. The number of H-pyrrole nitrogens is 1. The summed E-state index contributed by atoms with van der Waals surface area (Å²) in [6, 6.07) is 15.4. The fourth-order valence-corrected chi connectivity index (χ4v) is 2.39. The molecule has 21 heavy (non-hydrogen) atoms. The van der Waals surface area contributed by atoms with Crippen molar-refractivity contribution in [3.05, 3.63) is 64.4 Å². The average molecular weight is 279 g/mol. The Hall–Kier alpha value is -2.46. The topological polar surface area (TPSA) is 71.8 Å². The fourth-order valence-electron chi connectivity index (χ4n) is 2.39. The van der Waals surface area contributed by atoms with E-state index in [9.17, 15) is 4.79 Å². The van der Waals surface area contributed by atoms with E-state index in [-0.39, 0.29) is 11.1 Å². The highest BCUT2D eigenvalue weighted by Gasteiger charge is 2.14. The van der Waals surface area contributed by atoms with Crippen molar-refractivity contribution in [3.8, 4) is 11.3 Å². The number of nitrogens with zero attached hydrogens (tertiary/aromatic N) is 1. The first-order valence-corrected chi connectivity index (χ1v) is 6.84. The van der Waals surface area contributed by atoms with Gasteiger partial charge in [-0.05, 0) is 25.5 Å². The highest BCUT2D eigenvalue weighted by molar-refractivity contribution is 5.93. The van der Waals surface area contributed by atoms with Crippen LogP contribution in [0, 0.1) is 0 Å². The van der Waals surface area contributed by atoms with Gasteiger partial charge in [0, 0.05) is 16.5 Å². The minimum Gasteiger partial charge on any atom is -0.322 e. The number of fused-ring (bicyclic) bond motifs is 1. The Kier molecular flexibility index (Phi) is 3.11. The second-order valence-corrected chi connectivity index (χ2v) is 5.75. The molecule has 0 bridgehead atoms. The summed E-state index contributed by atoms with van der Waals surface area (Å²) < 4.78 is 0. The van der Waals surface area contributed by atoms with Crippen molar-refractivity contribution in [2.75, 3.05) is 0 Å². The normalized spacial score (nSPS) is 11.8. The van der Waals surface area contributed by atoms with Crippen LogP contribution in [0.4, 0.5) is 0 Å². The molecule has 0 aliphatic heterocycles. The Morgan fingerprint density at radius 2 is 1.62 bits per heavy atom. The molecular formula is C17H17N3O. The van der Waals surface area contributed by atoms with E-state index < -0.39 is 0 Å². The molecule has 0 spiro atoms. The van der Waals surface area contributed by atoms with E-state index >= 15 is 0 Å². The van der Waals surface area contributed by atoms with Crippen molar-refractivity contribution in [2.24, 2.45) is 5.73 Å². The van der Waals surface area contributed by atoms with Gasteiger partial charge in [-0.1, -0.05) is 42.5 Å². The van der Waals surface area contributed by atoms with Crippen LogP contribution in [0.5, 0.6) is 0 Å². The summed E-state index contributed by atoms with van der Waals surface area (Å²) >= 11 is 0. The van der Waals surface area contributed by atoms with Crippen molar-refractivity contribution >= 4 is 10.8 Å². The van der Waals surface area contributed by atoms with Crippen molar-refractivity contribution in [2.45, 2.75) is 19.4 Å². The van der Waals surface area contributed by atoms with Gasteiger partial charge in [-0.25, -0.2) is 5.10 Å². The SMILES string of the molecule is CC(C)(N)c1ccc(-c2n[nH]c(=O)c3ccccc23)cc1. The Balaban J connectivity index is 2.17. The molecule has 0 amide bonds. The number of aromatic amines is 1. The molecule has 0 atom stereocenters. The van der Waals surface area contributed by atoms with Gasteiger partial charge in [0.2, 0.25) is 0 Å². The van der Waals surface area contributed by atoms with Gasteiger partial charge in [0.15, 0.2) is 0 Å². The molecule has 3 rings (SSSR count). The fraction of sp³-hybridized carbons (Fsp3) is 0.176. The highest BCUT2D eigenvalue weighted by atomic mass is 16.1. The summed E-state index contributed by atoms with van der Waals surface area (Å²) in [6.45, 7) is 3.94. The second-order valence-electron chi connectivity index (χ2n) is 5.75. The summed E-state index contributed by atoms with van der Waals surface area (Å²) in [6.07, 6.45) is 0. The van der Waals surface area contributed by atoms with Crippen LogP contribution in [0.25, 0.3) is 22.0 Å². The van der Waals surface area contributed by atoms with Crippen molar-refractivity contribution in [1.82, 2.24) is 10.2 Å². The van der Waals surface area contributed by atoms with E-state index in [1.165, 1.54) is 0 Å². The Labute approximate surface area is 122 Å². The summed E-state index contributed by atoms with van der Waals surface area (Å²) in [5.41, 5.74) is 8.32. The molecular weight excluding hydrogens is 262 g/mol. The molecule has 1 aromatic heterocycles. The van der Waals surface area contributed by atoms with Crippen LogP contribution in [-0.2, 0) is 5.54 Å². The van der Waals surface area contributed by atoms with Crippen LogP contribution in [-0.4, -0.2) is 10.2 Å². The highest BCUT2D eigenvalue weighted by Crippen LogP contribution is 2.26. The summed E-state index contributed by atoms with van der Waals surface area (Å²) in [4.78, 5) is 11.8. The van der Waals surface area contributed by atoms with E-state index in [1.807, 2.05) is 56.3 Å². The first-order chi connectivity index (χ1) is 9.97. The molecule has 0 aliphatic carbocycles. The van der Waals surface area contributed by atoms with Gasteiger partial charge in [-0.15, -0.1) is 0 Å². The van der Waals surface area contributed by atoms with Crippen molar-refractivity contribution < 1.29 is 0 Å². The van der Waals surface area contributed by atoms with Gasteiger partial charge in [0.05, 0.1) is 11.1 Å². The average Bonchev–Trinajstić information content (AvgIpc) is 2.47. The first kappa shape index (κ1) is 13.5. The Morgan fingerprint density at radius 1 is 1.00 bits per heavy atom. The molecule has 106 valence electrons. The molecule has 0 saturated carbocycles. The Bertz CT molecular complexity index is 842. The number of nitrogens with one attached hydrogen (secondary N) is 1. The molecule has 0 aliphatic rings. The molecule has 0 saturated heterocycles. The third-order valence-electron chi connectivity index (χ3n) is 3.60. The molecule has 2 aromatic carbocycles. The molecule has 4 nitrogen and oxygen atoms in total. The lowest BCUT2D eigenvalue weighted by molar-refractivity contribution is 0.554. The van der Waals surface area contributed by atoms with E-state index in [0.717, 1.165) is 22.2 Å². The number of nitrogens with two attached hydrogens (primary N) is 1. The van der Waals surface area contributed by atoms with Crippen LogP contribution < -0.4 is 11.3 Å². The lowest BCUT2D eigenvalue weighted by Crippen LogP contribution is -2.28. The van der Waals surface area contributed by atoms with Crippen LogP contribution in [0.3, 0.4) is 0 Å². The standard InChI is InChI=1S/C17H17N3O/c1-17(2,18)12-9-7-11(8-10-12)15-13-5-3-4-6-14(13)16(21)20-19-15/h3-10H,18H2,1-2H3,(H,20,21).